The number of aromatic nitrogens is 2. The lowest BCUT2D eigenvalue weighted by molar-refractivity contribution is -0.122. The van der Waals surface area contributed by atoms with Gasteiger partial charge in [0.25, 0.3) is 11.5 Å². The largest absolute Gasteiger partial charge is 0.298 e. The first kappa shape index (κ1) is 23.2. The van der Waals surface area contributed by atoms with E-state index < -0.39 is 0 Å². The number of benzene rings is 1. The van der Waals surface area contributed by atoms with Crippen LogP contribution in [0.15, 0.2) is 35.4 Å². The van der Waals surface area contributed by atoms with Gasteiger partial charge < -0.3 is 0 Å². The van der Waals surface area contributed by atoms with Crippen LogP contribution >= 0.6 is 11.3 Å². The average molecular weight is 467 g/mol. The summed E-state index contributed by atoms with van der Waals surface area (Å²) < 4.78 is 1.42. The topological polar surface area (TPSA) is 93.1 Å². The van der Waals surface area contributed by atoms with Crippen LogP contribution in [0, 0.1) is 18.3 Å². The molecule has 2 N–H and O–H groups in total. The number of carbonyl (C=O) groups is 2. The summed E-state index contributed by atoms with van der Waals surface area (Å²) in [5.74, 6) is -0.0732. The second-order valence-electron chi connectivity index (χ2n) is 9.83. The first-order chi connectivity index (χ1) is 15.6. The number of rotatable bonds is 4. The van der Waals surface area contributed by atoms with Gasteiger partial charge in [-0.2, -0.15) is 0 Å². The highest BCUT2D eigenvalue weighted by Crippen LogP contribution is 2.40. The first-order valence-corrected chi connectivity index (χ1v) is 12.1. The molecule has 3 aromatic rings. The van der Waals surface area contributed by atoms with E-state index in [1.54, 1.807) is 6.07 Å². The third kappa shape index (κ3) is 5.00. The molecule has 4 rings (SSSR count). The van der Waals surface area contributed by atoms with Crippen LogP contribution in [0.3, 0.4) is 0 Å². The number of fused-ring (bicyclic) bond motifs is 2. The number of nitrogens with zero attached hydrogens (tertiary/aromatic N) is 2. The third-order valence-corrected chi connectivity index (χ3v) is 7.72. The van der Waals surface area contributed by atoms with Gasteiger partial charge in [-0.15, -0.1) is 11.3 Å². The monoisotopic (exact) mass is 466 g/mol. The van der Waals surface area contributed by atoms with E-state index in [9.17, 15) is 14.4 Å². The van der Waals surface area contributed by atoms with Crippen LogP contribution in [-0.2, 0) is 24.2 Å². The Morgan fingerprint density at radius 2 is 2.03 bits per heavy atom. The Hall–Kier alpha value is -3.00. The SMILES string of the molecule is Cc1cccc2c(=O)n(CCC(=O)NNC(=O)c3cc4c(s3)CCC(C(C)(C)C)C4)cnc12. The van der Waals surface area contributed by atoms with Crippen molar-refractivity contribution in [2.24, 2.45) is 11.3 Å². The van der Waals surface area contributed by atoms with Crippen LogP contribution in [0.4, 0.5) is 0 Å². The normalized spacial score (nSPS) is 15.8. The van der Waals surface area contributed by atoms with Gasteiger partial charge in [0.05, 0.1) is 22.1 Å². The van der Waals surface area contributed by atoms with Crippen molar-refractivity contribution in [2.45, 2.75) is 59.9 Å². The van der Waals surface area contributed by atoms with Gasteiger partial charge >= 0.3 is 0 Å². The lowest BCUT2D eigenvalue weighted by Crippen LogP contribution is -2.41. The lowest BCUT2D eigenvalue weighted by Gasteiger charge is -2.33. The van der Waals surface area contributed by atoms with Gasteiger partial charge in [0.15, 0.2) is 0 Å². The molecular weight excluding hydrogens is 436 g/mol. The van der Waals surface area contributed by atoms with E-state index in [1.165, 1.54) is 32.7 Å². The zero-order chi connectivity index (χ0) is 23.8. The number of carbonyl (C=O) groups excluding carboxylic acids is 2. The summed E-state index contributed by atoms with van der Waals surface area (Å²) in [7, 11) is 0. The number of thiophene rings is 1. The Bertz CT molecular complexity index is 1270. The Balaban J connectivity index is 1.32. The fraction of sp³-hybridized carbons (Fsp3) is 0.440. The molecule has 1 unspecified atom stereocenters. The summed E-state index contributed by atoms with van der Waals surface area (Å²) in [5, 5.41) is 0.529. The van der Waals surface area contributed by atoms with E-state index in [0.29, 0.717) is 21.7 Å². The van der Waals surface area contributed by atoms with Crippen molar-refractivity contribution in [1.29, 1.82) is 0 Å². The second-order valence-corrected chi connectivity index (χ2v) is 11.0. The van der Waals surface area contributed by atoms with Crippen molar-refractivity contribution in [3.63, 3.8) is 0 Å². The predicted molar refractivity (Wildman–Crippen MR) is 130 cm³/mol. The van der Waals surface area contributed by atoms with Crippen LogP contribution in [0.2, 0.25) is 0 Å². The first-order valence-electron chi connectivity index (χ1n) is 11.3. The second kappa shape index (κ2) is 9.09. The fourth-order valence-electron chi connectivity index (χ4n) is 4.34. The number of hydrogen-bond donors (Lipinski definition) is 2. The van der Waals surface area contributed by atoms with Crippen molar-refractivity contribution < 1.29 is 9.59 Å². The number of amides is 2. The summed E-state index contributed by atoms with van der Waals surface area (Å²) in [6.45, 7) is 8.88. The van der Waals surface area contributed by atoms with Gasteiger partial charge in [0.2, 0.25) is 5.91 Å². The van der Waals surface area contributed by atoms with E-state index in [4.69, 9.17) is 0 Å². The van der Waals surface area contributed by atoms with Gasteiger partial charge in [-0.05, 0) is 60.8 Å². The molecule has 0 radical (unpaired) electrons. The Labute approximate surface area is 197 Å². The van der Waals surface area contributed by atoms with E-state index in [1.807, 2.05) is 25.1 Å². The fourth-order valence-corrected chi connectivity index (χ4v) is 5.45. The van der Waals surface area contributed by atoms with Gasteiger partial charge in [-0.3, -0.25) is 29.8 Å². The molecule has 7 nitrogen and oxygen atoms in total. The van der Waals surface area contributed by atoms with Crippen LogP contribution in [0.1, 0.15) is 59.3 Å². The van der Waals surface area contributed by atoms with Gasteiger partial charge in [0, 0.05) is 17.8 Å². The van der Waals surface area contributed by atoms with Crippen molar-refractivity contribution in [2.75, 3.05) is 0 Å². The smallest absolute Gasteiger partial charge is 0.279 e. The highest BCUT2D eigenvalue weighted by molar-refractivity contribution is 7.14. The predicted octanol–water partition coefficient (Wildman–Crippen LogP) is 3.77. The maximum atomic E-state index is 12.6. The summed E-state index contributed by atoms with van der Waals surface area (Å²) in [6, 6.07) is 7.42. The number of hydrogen-bond acceptors (Lipinski definition) is 5. The van der Waals surface area contributed by atoms with E-state index >= 15 is 0 Å². The Morgan fingerprint density at radius 3 is 2.79 bits per heavy atom. The zero-order valence-electron chi connectivity index (χ0n) is 19.5. The standard InChI is InChI=1S/C25H30N4O3S/c1-15-6-5-7-18-22(15)26-14-29(24(18)32)11-10-21(30)27-28-23(31)20-13-16-12-17(25(2,3)4)8-9-19(16)33-20/h5-7,13-14,17H,8-12H2,1-4H3,(H,27,30)(H,28,31). The molecule has 0 fully saturated rings. The summed E-state index contributed by atoms with van der Waals surface area (Å²) >= 11 is 1.51. The number of aryl methyl sites for hydroxylation is 3. The van der Waals surface area contributed by atoms with Crippen LogP contribution in [0.25, 0.3) is 10.9 Å². The molecule has 1 aliphatic rings. The highest BCUT2D eigenvalue weighted by atomic mass is 32.1. The van der Waals surface area contributed by atoms with Crippen molar-refractivity contribution in [3.05, 3.63) is 61.8 Å². The molecule has 33 heavy (non-hydrogen) atoms. The van der Waals surface area contributed by atoms with Crippen LogP contribution in [-0.4, -0.2) is 21.4 Å². The van der Waals surface area contributed by atoms with Crippen LogP contribution < -0.4 is 16.4 Å². The van der Waals surface area contributed by atoms with E-state index in [-0.39, 0.29) is 35.8 Å². The van der Waals surface area contributed by atoms with Crippen molar-refractivity contribution in [1.82, 2.24) is 20.4 Å². The molecule has 0 saturated heterocycles. The third-order valence-electron chi connectivity index (χ3n) is 6.48. The number of hydrazine groups is 1. The molecular formula is C25H30N4O3S. The Morgan fingerprint density at radius 1 is 1.24 bits per heavy atom. The molecule has 0 saturated carbocycles. The van der Waals surface area contributed by atoms with E-state index in [2.05, 4.69) is 36.6 Å². The molecule has 1 atom stereocenters. The molecule has 0 spiro atoms. The summed E-state index contributed by atoms with van der Waals surface area (Å²) in [6.07, 6.45) is 4.63. The molecule has 2 amide bonds. The maximum absolute atomic E-state index is 12.6. The molecule has 0 aliphatic heterocycles. The van der Waals surface area contributed by atoms with Crippen molar-refractivity contribution in [3.8, 4) is 0 Å². The molecule has 8 heteroatoms. The zero-order valence-corrected chi connectivity index (χ0v) is 20.3. The molecule has 2 heterocycles. The minimum absolute atomic E-state index is 0.0490. The van der Waals surface area contributed by atoms with E-state index in [0.717, 1.165) is 24.8 Å². The molecule has 0 bridgehead atoms. The van der Waals surface area contributed by atoms with Gasteiger partial charge in [0.1, 0.15) is 0 Å². The molecule has 1 aromatic carbocycles. The number of nitrogens with one attached hydrogen (secondary N) is 2. The summed E-state index contributed by atoms with van der Waals surface area (Å²) in [4.78, 5) is 43.7. The minimum atomic E-state index is -0.367. The summed E-state index contributed by atoms with van der Waals surface area (Å²) in [5.41, 5.74) is 7.89. The average Bonchev–Trinajstić information content (AvgIpc) is 3.20. The Kier molecular flexibility index (Phi) is 6.38. The van der Waals surface area contributed by atoms with Crippen molar-refractivity contribution >= 4 is 34.1 Å². The minimum Gasteiger partial charge on any atom is -0.298 e. The molecule has 2 aromatic heterocycles. The molecule has 174 valence electrons. The van der Waals surface area contributed by atoms with Gasteiger partial charge in [-0.25, -0.2) is 4.98 Å². The quantitative estimate of drug-likeness (QED) is 0.573. The highest BCUT2D eigenvalue weighted by Gasteiger charge is 2.30. The maximum Gasteiger partial charge on any atom is 0.279 e. The number of para-hydroxylation sites is 1. The van der Waals surface area contributed by atoms with Crippen LogP contribution in [0.5, 0.6) is 0 Å². The van der Waals surface area contributed by atoms with Gasteiger partial charge in [-0.1, -0.05) is 32.9 Å². The molecule has 1 aliphatic carbocycles. The lowest BCUT2D eigenvalue weighted by atomic mass is 9.72.